The fraction of sp³-hybridized carbons (Fsp3) is 0.739. The lowest BCUT2D eigenvalue weighted by Crippen LogP contribution is -2.35. The highest BCUT2D eigenvalue weighted by Gasteiger charge is 2.39. The van der Waals surface area contributed by atoms with Crippen LogP contribution in [0.3, 0.4) is 0 Å². The van der Waals surface area contributed by atoms with Crippen LogP contribution in [0, 0.1) is 10.8 Å². The molecule has 0 saturated heterocycles. The van der Waals surface area contributed by atoms with E-state index in [1.165, 1.54) is 16.3 Å². The Morgan fingerprint density at radius 2 is 1.48 bits per heavy atom. The van der Waals surface area contributed by atoms with E-state index in [-0.39, 0.29) is 28.1 Å². The van der Waals surface area contributed by atoms with E-state index in [2.05, 4.69) is 0 Å². The van der Waals surface area contributed by atoms with E-state index in [9.17, 15) is 19.8 Å². The van der Waals surface area contributed by atoms with Gasteiger partial charge in [0.05, 0.1) is 4.90 Å². The molecule has 6 heteroatoms. The summed E-state index contributed by atoms with van der Waals surface area (Å²) in [6.07, 6.45) is 1.87. The predicted molar refractivity (Wildman–Crippen MR) is 120 cm³/mol. The molecule has 0 saturated carbocycles. The fourth-order valence-corrected chi connectivity index (χ4v) is 5.53. The Kier molecular flexibility index (Phi) is 7.39. The molecule has 29 heavy (non-hydrogen) atoms. The normalized spacial score (nSPS) is 15.2. The summed E-state index contributed by atoms with van der Waals surface area (Å²) in [5, 5.41) is 21.5. The van der Waals surface area contributed by atoms with Gasteiger partial charge < -0.3 is 10.2 Å². The van der Waals surface area contributed by atoms with Crippen molar-refractivity contribution in [1.82, 2.24) is 4.57 Å². The topological polar surface area (TPSA) is 79.5 Å². The van der Waals surface area contributed by atoms with Gasteiger partial charge in [0.25, 0.3) is 0 Å². The number of thioether (sulfide) groups is 1. The first-order valence-electron chi connectivity index (χ1n) is 10.2. The molecule has 0 bridgehead atoms. The van der Waals surface area contributed by atoms with Crippen LogP contribution in [-0.4, -0.2) is 31.1 Å². The Hall–Kier alpha value is -1.43. The molecule has 1 atom stereocenters. The molecule has 1 rings (SSSR count). The SMILES string of the molecule is CCC(C)(CC(C)(C)Sc1cc(O)n(C(C)(C)CC(C)(C)C(C)=O)c1O)C(C)=O. The molecular weight excluding hydrogens is 386 g/mol. The van der Waals surface area contributed by atoms with Crippen molar-refractivity contribution in [2.24, 2.45) is 10.8 Å². The van der Waals surface area contributed by atoms with Gasteiger partial charge in [-0.3, -0.25) is 14.2 Å². The highest BCUT2D eigenvalue weighted by Crippen LogP contribution is 2.49. The van der Waals surface area contributed by atoms with Crippen LogP contribution < -0.4 is 0 Å². The summed E-state index contributed by atoms with van der Waals surface area (Å²) in [6.45, 7) is 18.8. The van der Waals surface area contributed by atoms with Crippen molar-refractivity contribution in [3.63, 3.8) is 0 Å². The van der Waals surface area contributed by atoms with Crippen LogP contribution in [0.5, 0.6) is 11.8 Å². The Labute approximate surface area is 180 Å². The number of carbonyl (C=O) groups excluding carboxylic acids is 2. The second-order valence-electron chi connectivity index (χ2n) is 10.5. The van der Waals surface area contributed by atoms with Gasteiger partial charge in [-0.05, 0) is 47.0 Å². The summed E-state index contributed by atoms with van der Waals surface area (Å²) in [7, 11) is 0. The molecular formula is C23H39NO4S. The van der Waals surface area contributed by atoms with Gasteiger partial charge in [-0.2, -0.15) is 0 Å². The van der Waals surface area contributed by atoms with Crippen molar-refractivity contribution in [1.29, 1.82) is 0 Å². The highest BCUT2D eigenvalue weighted by molar-refractivity contribution is 8.00. The van der Waals surface area contributed by atoms with Gasteiger partial charge in [0.1, 0.15) is 11.6 Å². The zero-order valence-corrected chi connectivity index (χ0v) is 20.6. The van der Waals surface area contributed by atoms with Gasteiger partial charge >= 0.3 is 0 Å². The van der Waals surface area contributed by atoms with Gasteiger partial charge in [-0.15, -0.1) is 11.8 Å². The minimum Gasteiger partial charge on any atom is -0.494 e. The lowest BCUT2D eigenvalue weighted by Gasteiger charge is -2.36. The Morgan fingerprint density at radius 3 is 1.90 bits per heavy atom. The predicted octanol–water partition coefficient (Wildman–Crippen LogP) is 5.91. The second-order valence-corrected chi connectivity index (χ2v) is 12.2. The number of ketones is 2. The average Bonchev–Trinajstić information content (AvgIpc) is 2.79. The summed E-state index contributed by atoms with van der Waals surface area (Å²) in [5.74, 6) is 0.183. The van der Waals surface area contributed by atoms with E-state index in [4.69, 9.17) is 0 Å². The van der Waals surface area contributed by atoms with Crippen molar-refractivity contribution in [2.45, 2.75) is 104 Å². The first-order chi connectivity index (χ1) is 12.9. The third-order valence-electron chi connectivity index (χ3n) is 6.19. The number of aromatic nitrogens is 1. The number of aromatic hydroxyl groups is 2. The number of nitrogens with zero attached hydrogens (tertiary/aromatic N) is 1. The van der Waals surface area contributed by atoms with Crippen molar-refractivity contribution in [2.75, 3.05) is 0 Å². The smallest absolute Gasteiger partial charge is 0.208 e. The molecule has 1 unspecified atom stereocenters. The third-order valence-corrected chi connectivity index (χ3v) is 7.40. The van der Waals surface area contributed by atoms with Crippen LogP contribution in [0.15, 0.2) is 11.0 Å². The van der Waals surface area contributed by atoms with Crippen LogP contribution >= 0.6 is 11.8 Å². The van der Waals surface area contributed by atoms with E-state index in [0.717, 1.165) is 6.42 Å². The molecule has 0 aliphatic rings. The van der Waals surface area contributed by atoms with Gasteiger partial charge in [-0.1, -0.05) is 41.5 Å². The molecule has 0 amide bonds. The lowest BCUT2D eigenvalue weighted by molar-refractivity contribution is -0.127. The molecule has 2 N–H and O–H groups in total. The van der Waals surface area contributed by atoms with Gasteiger partial charge in [0, 0.05) is 27.2 Å². The summed E-state index contributed by atoms with van der Waals surface area (Å²) in [6, 6.07) is 1.57. The molecule has 0 aliphatic carbocycles. The molecule has 0 spiro atoms. The summed E-state index contributed by atoms with van der Waals surface area (Å²) >= 11 is 1.46. The van der Waals surface area contributed by atoms with Crippen LogP contribution in [0.4, 0.5) is 0 Å². The molecule has 5 nitrogen and oxygen atoms in total. The van der Waals surface area contributed by atoms with Gasteiger partial charge in [0.15, 0.2) is 5.88 Å². The molecule has 1 aromatic rings. The van der Waals surface area contributed by atoms with Crippen LogP contribution in [0.1, 0.15) is 88.5 Å². The third kappa shape index (κ3) is 5.80. The Bertz CT molecular complexity index is 776. The largest absolute Gasteiger partial charge is 0.494 e. The number of carbonyl (C=O) groups is 2. The number of hydrogen-bond donors (Lipinski definition) is 2. The second kappa shape index (κ2) is 8.37. The monoisotopic (exact) mass is 425 g/mol. The van der Waals surface area contributed by atoms with E-state index in [0.29, 0.717) is 17.7 Å². The molecule has 166 valence electrons. The number of Topliss-reactive ketones (excluding diaryl/α,β-unsaturated/α-hetero) is 2. The standard InChI is InChI=1S/C23H39NO4S/c1-11-23(10,16(3)26)14-22(8,9)29-17-12-18(27)24(19(17)28)21(6,7)13-20(4,5)15(2)25/h12,27-28H,11,13-14H2,1-10H3. The molecule has 0 aliphatic heterocycles. The summed E-state index contributed by atoms with van der Waals surface area (Å²) in [4.78, 5) is 24.7. The zero-order valence-electron chi connectivity index (χ0n) is 19.8. The maximum absolute atomic E-state index is 12.1. The number of rotatable bonds is 10. The highest BCUT2D eigenvalue weighted by atomic mass is 32.2. The summed E-state index contributed by atoms with van der Waals surface area (Å²) < 4.78 is 1.18. The quantitative estimate of drug-likeness (QED) is 0.456. The maximum Gasteiger partial charge on any atom is 0.208 e. The first-order valence-corrected chi connectivity index (χ1v) is 11.1. The molecule has 1 aromatic heterocycles. The lowest BCUT2D eigenvalue weighted by atomic mass is 9.76. The Balaban J connectivity index is 3.23. The first kappa shape index (κ1) is 25.6. The van der Waals surface area contributed by atoms with Crippen molar-refractivity contribution < 1.29 is 19.8 Å². The minimum absolute atomic E-state index is 0.00838. The van der Waals surface area contributed by atoms with Crippen molar-refractivity contribution in [3.8, 4) is 11.8 Å². The molecule has 0 fully saturated rings. The fourth-order valence-electron chi connectivity index (χ4n) is 4.19. The molecule has 0 radical (unpaired) electrons. The van der Waals surface area contributed by atoms with Gasteiger partial charge in [0.2, 0.25) is 5.88 Å². The van der Waals surface area contributed by atoms with Crippen molar-refractivity contribution >= 4 is 23.3 Å². The molecule has 0 aromatic carbocycles. The van der Waals surface area contributed by atoms with E-state index in [1.807, 2.05) is 55.4 Å². The van der Waals surface area contributed by atoms with Crippen LogP contribution in [0.25, 0.3) is 0 Å². The van der Waals surface area contributed by atoms with E-state index in [1.54, 1.807) is 19.9 Å². The maximum atomic E-state index is 12.1. The van der Waals surface area contributed by atoms with E-state index < -0.39 is 16.4 Å². The number of hydrogen-bond acceptors (Lipinski definition) is 5. The van der Waals surface area contributed by atoms with E-state index >= 15 is 0 Å². The molecule has 1 heterocycles. The minimum atomic E-state index is -0.663. The van der Waals surface area contributed by atoms with Crippen LogP contribution in [0.2, 0.25) is 0 Å². The summed E-state index contributed by atoms with van der Waals surface area (Å²) in [5.41, 5.74) is -1.67. The van der Waals surface area contributed by atoms with Crippen LogP contribution in [-0.2, 0) is 15.1 Å². The van der Waals surface area contributed by atoms with Gasteiger partial charge in [-0.25, -0.2) is 0 Å². The van der Waals surface area contributed by atoms with Crippen molar-refractivity contribution in [3.05, 3.63) is 6.07 Å². The average molecular weight is 426 g/mol. The zero-order chi connectivity index (χ0) is 23.0. The Morgan fingerprint density at radius 1 is 0.966 bits per heavy atom.